The van der Waals surface area contributed by atoms with Gasteiger partial charge in [0.05, 0.1) is 17.3 Å². The van der Waals surface area contributed by atoms with Gasteiger partial charge >= 0.3 is 6.01 Å². The van der Waals surface area contributed by atoms with Gasteiger partial charge < -0.3 is 29.2 Å². The van der Waals surface area contributed by atoms with Crippen LogP contribution in [0.4, 0.5) is 15.9 Å². The lowest BCUT2D eigenvalue weighted by molar-refractivity contribution is -0.131. The number of rotatable bonds is 7. The number of halogens is 2. The second-order valence-electron chi connectivity index (χ2n) is 11.5. The predicted octanol–water partition coefficient (Wildman–Crippen LogP) is 4.74. The second-order valence-corrected chi connectivity index (χ2v) is 11.9. The van der Waals surface area contributed by atoms with Crippen molar-refractivity contribution in [1.29, 1.82) is 0 Å². The molecule has 3 aliphatic rings. The summed E-state index contributed by atoms with van der Waals surface area (Å²) < 4.78 is 20.0. The number of benzene rings is 2. The highest BCUT2D eigenvalue weighted by atomic mass is 35.5. The minimum Gasteiger partial charge on any atom is -0.462 e. The first-order valence-corrected chi connectivity index (χ1v) is 15.1. The largest absolute Gasteiger partial charge is 0.462 e. The van der Waals surface area contributed by atoms with Gasteiger partial charge in [0.15, 0.2) is 5.83 Å². The van der Waals surface area contributed by atoms with Crippen molar-refractivity contribution in [2.24, 2.45) is 0 Å². The summed E-state index contributed by atoms with van der Waals surface area (Å²) in [5, 5.41) is 2.81. The summed E-state index contributed by atoms with van der Waals surface area (Å²) in [5.74, 6) is -1.01. The molecule has 0 N–H and O–H groups in total. The van der Waals surface area contributed by atoms with Crippen molar-refractivity contribution >= 4 is 39.8 Å². The number of hydrogen-bond acceptors (Lipinski definition) is 7. The molecule has 11 heteroatoms. The lowest BCUT2D eigenvalue weighted by atomic mass is 10.0. The molecular weight excluding hydrogens is 569 g/mol. The molecule has 0 unspecified atom stereocenters. The smallest absolute Gasteiger partial charge is 0.318 e. The monoisotopic (exact) mass is 603 g/mol. The number of anilines is 2. The van der Waals surface area contributed by atoms with Gasteiger partial charge in [-0.15, -0.1) is 0 Å². The molecule has 0 spiro atoms. The Morgan fingerprint density at radius 2 is 1.95 bits per heavy atom. The van der Waals surface area contributed by atoms with E-state index in [0.29, 0.717) is 49.7 Å². The van der Waals surface area contributed by atoms with E-state index >= 15 is 0 Å². The van der Waals surface area contributed by atoms with Gasteiger partial charge in [0.2, 0.25) is 6.54 Å². The van der Waals surface area contributed by atoms with Crippen molar-refractivity contribution in [3.05, 3.63) is 76.5 Å². The summed E-state index contributed by atoms with van der Waals surface area (Å²) in [6.45, 7) is 14.6. The quantitative estimate of drug-likeness (QED) is 0.285. The molecule has 3 aromatic rings. The van der Waals surface area contributed by atoms with E-state index in [-0.39, 0.29) is 13.1 Å². The third kappa shape index (κ3) is 5.84. The molecule has 0 radical (unpaired) electrons. The number of ether oxygens (including phenoxy) is 1. The zero-order chi connectivity index (χ0) is 30.1. The van der Waals surface area contributed by atoms with Crippen molar-refractivity contribution in [2.45, 2.75) is 37.9 Å². The van der Waals surface area contributed by atoms with Crippen molar-refractivity contribution < 1.29 is 13.9 Å². The molecule has 6 rings (SSSR count). The zero-order valence-corrected chi connectivity index (χ0v) is 25.1. The van der Waals surface area contributed by atoms with E-state index in [9.17, 15) is 9.18 Å². The summed E-state index contributed by atoms with van der Waals surface area (Å²) in [7, 11) is 2.11. The van der Waals surface area contributed by atoms with Crippen LogP contribution in [0.3, 0.4) is 0 Å². The number of piperazine rings is 1. The van der Waals surface area contributed by atoms with Crippen LogP contribution >= 0.6 is 11.6 Å². The standard InChI is InChI=1S/C32H35ClFN7O2/c1-21(34)31(42)41-16-15-40(18-24(41)17-35-2)30-25-12-14-39(28-11-5-8-22-7-4-10-26(33)29(22)28)19-27(25)36-32(37-30)43-20-23-9-6-13-38(23)3/h4-5,7-8,10-11,23-24H,1,6,9,12-20H2,3H3/t23-,24-/m0/s1. The predicted molar refractivity (Wildman–Crippen MR) is 166 cm³/mol. The maximum Gasteiger partial charge on any atom is 0.318 e. The van der Waals surface area contributed by atoms with Gasteiger partial charge in [0.1, 0.15) is 18.5 Å². The molecule has 224 valence electrons. The zero-order valence-electron chi connectivity index (χ0n) is 24.3. The van der Waals surface area contributed by atoms with Gasteiger partial charge in [0, 0.05) is 48.9 Å². The van der Waals surface area contributed by atoms with E-state index in [1.165, 1.54) is 4.90 Å². The van der Waals surface area contributed by atoms with Gasteiger partial charge in [-0.25, -0.2) is 11.0 Å². The molecule has 1 aromatic heterocycles. The molecule has 0 aliphatic carbocycles. The SMILES string of the molecule is [C-]#[N+]C[C@H]1CN(c2nc(OC[C@@H]3CCCN3C)nc3c2CCN(c2cccc4cccc(Cl)c24)C3)CCN1C(=O)C(=C)F. The van der Waals surface area contributed by atoms with Gasteiger partial charge in [-0.3, -0.25) is 4.79 Å². The number of carbonyl (C=O) groups is 1. The van der Waals surface area contributed by atoms with Crippen LogP contribution in [0.25, 0.3) is 15.6 Å². The van der Waals surface area contributed by atoms with Crippen LogP contribution in [0, 0.1) is 6.57 Å². The molecule has 9 nitrogen and oxygen atoms in total. The van der Waals surface area contributed by atoms with Crippen molar-refractivity contribution in [2.75, 3.05) is 62.7 Å². The number of nitrogens with zero attached hydrogens (tertiary/aromatic N) is 7. The van der Waals surface area contributed by atoms with E-state index in [1.807, 2.05) is 18.2 Å². The molecule has 0 bridgehead atoms. The maximum atomic E-state index is 13.8. The lowest BCUT2D eigenvalue weighted by Gasteiger charge is -2.41. The average molecular weight is 604 g/mol. The van der Waals surface area contributed by atoms with Crippen LogP contribution < -0.4 is 14.5 Å². The Hall–Kier alpha value is -3.94. The third-order valence-electron chi connectivity index (χ3n) is 8.85. The Labute approximate surface area is 256 Å². The van der Waals surface area contributed by atoms with E-state index in [2.05, 4.69) is 51.4 Å². The molecule has 43 heavy (non-hydrogen) atoms. The average Bonchev–Trinajstić information content (AvgIpc) is 3.43. The van der Waals surface area contributed by atoms with E-state index in [0.717, 1.165) is 59.5 Å². The first-order chi connectivity index (χ1) is 20.8. The van der Waals surface area contributed by atoms with Gasteiger partial charge in [0.25, 0.3) is 5.91 Å². The molecule has 2 aromatic carbocycles. The minimum atomic E-state index is -1.01. The highest BCUT2D eigenvalue weighted by Gasteiger charge is 2.36. The molecule has 2 atom stereocenters. The number of likely N-dealkylation sites (tertiary alicyclic amines) is 1. The van der Waals surface area contributed by atoms with Crippen LogP contribution in [0.5, 0.6) is 6.01 Å². The fourth-order valence-electron chi connectivity index (χ4n) is 6.55. The van der Waals surface area contributed by atoms with Crippen LogP contribution in [0.1, 0.15) is 24.1 Å². The minimum absolute atomic E-state index is 0.0653. The topological polar surface area (TPSA) is 69.4 Å². The summed E-state index contributed by atoms with van der Waals surface area (Å²) in [4.78, 5) is 34.0. The molecular formula is C32H35ClFN7O2. The van der Waals surface area contributed by atoms with Crippen molar-refractivity contribution in [1.82, 2.24) is 19.8 Å². The van der Waals surface area contributed by atoms with Crippen molar-refractivity contribution in [3.8, 4) is 6.01 Å². The summed E-state index contributed by atoms with van der Waals surface area (Å²) in [6, 6.07) is 12.3. The van der Waals surface area contributed by atoms with Crippen LogP contribution in [0.2, 0.25) is 5.02 Å². The van der Waals surface area contributed by atoms with Gasteiger partial charge in [-0.1, -0.05) is 42.4 Å². The number of aromatic nitrogens is 2. The van der Waals surface area contributed by atoms with E-state index in [1.54, 1.807) is 0 Å². The third-order valence-corrected chi connectivity index (χ3v) is 9.16. The number of fused-ring (bicyclic) bond motifs is 2. The number of amides is 1. The molecule has 4 heterocycles. The van der Waals surface area contributed by atoms with Gasteiger partial charge in [-0.05, 0) is 50.4 Å². The number of carbonyl (C=O) groups excluding carboxylic acids is 1. The maximum absolute atomic E-state index is 13.8. The van der Waals surface area contributed by atoms with E-state index in [4.69, 9.17) is 32.9 Å². The first kappa shape index (κ1) is 29.1. The normalized spacial score (nSPS) is 20.7. The summed E-state index contributed by atoms with van der Waals surface area (Å²) in [6.07, 6.45) is 2.91. The summed E-state index contributed by atoms with van der Waals surface area (Å²) >= 11 is 6.68. The molecule has 3 aliphatic heterocycles. The van der Waals surface area contributed by atoms with Crippen LogP contribution in [-0.4, -0.2) is 90.7 Å². The fraction of sp³-hybridized carbons (Fsp3) is 0.438. The highest BCUT2D eigenvalue weighted by Crippen LogP contribution is 2.37. The number of likely N-dealkylation sites (N-methyl/N-ethyl adjacent to an activating group) is 1. The lowest BCUT2D eigenvalue weighted by Crippen LogP contribution is -2.57. The van der Waals surface area contributed by atoms with Crippen molar-refractivity contribution in [3.63, 3.8) is 0 Å². The molecule has 1 amide bonds. The Bertz CT molecular complexity index is 1590. The second kappa shape index (κ2) is 12.3. The van der Waals surface area contributed by atoms with Crippen LogP contribution in [-0.2, 0) is 17.8 Å². The molecule has 2 saturated heterocycles. The van der Waals surface area contributed by atoms with Gasteiger partial charge in [-0.2, -0.15) is 9.97 Å². The van der Waals surface area contributed by atoms with Crippen LogP contribution in [0.15, 0.2) is 48.8 Å². The highest BCUT2D eigenvalue weighted by molar-refractivity contribution is 6.36. The molecule has 2 fully saturated rings. The Balaban J connectivity index is 1.34. The summed E-state index contributed by atoms with van der Waals surface area (Å²) in [5.41, 5.74) is 2.97. The fourth-order valence-corrected chi connectivity index (χ4v) is 6.83. The number of hydrogen-bond donors (Lipinski definition) is 0. The first-order valence-electron chi connectivity index (χ1n) is 14.7. The van der Waals surface area contributed by atoms with E-state index < -0.39 is 17.8 Å². The Morgan fingerprint density at radius 1 is 1.14 bits per heavy atom. The Morgan fingerprint density at radius 3 is 2.70 bits per heavy atom. The Kier molecular flexibility index (Phi) is 8.37. The molecule has 0 saturated carbocycles.